The van der Waals surface area contributed by atoms with Gasteiger partial charge in [-0.25, -0.2) is 4.39 Å². The molecule has 0 saturated heterocycles. The van der Waals surface area contributed by atoms with Crippen molar-refractivity contribution < 1.29 is 14.6 Å². The summed E-state index contributed by atoms with van der Waals surface area (Å²) >= 11 is 2.86. The van der Waals surface area contributed by atoms with Crippen molar-refractivity contribution in [2.45, 2.75) is 17.1 Å². The first-order valence-electron chi connectivity index (χ1n) is 3.97. The van der Waals surface area contributed by atoms with Crippen LogP contribution < -0.4 is 0 Å². The van der Waals surface area contributed by atoms with Gasteiger partial charge in [-0.2, -0.15) is 0 Å². The van der Waals surface area contributed by atoms with Crippen molar-refractivity contribution in [1.82, 2.24) is 0 Å². The molecule has 0 fully saturated rings. The Morgan fingerprint density at radius 1 is 1.62 bits per heavy atom. The minimum Gasteiger partial charge on any atom is -0.393 e. The Labute approximate surface area is 84.9 Å². The highest BCUT2D eigenvalue weighted by Crippen LogP contribution is 2.40. The number of alkyl halides is 2. The Morgan fingerprint density at radius 2 is 2.23 bits per heavy atom. The molecule has 2 nitrogen and oxygen atoms in total. The fourth-order valence-electron chi connectivity index (χ4n) is 1.31. The highest BCUT2D eigenvalue weighted by Gasteiger charge is 2.44. The van der Waals surface area contributed by atoms with Gasteiger partial charge >= 0.3 is 0 Å². The summed E-state index contributed by atoms with van der Waals surface area (Å²) in [5.74, 6) is -0.782. The molecule has 0 aromatic carbocycles. The summed E-state index contributed by atoms with van der Waals surface area (Å²) in [6.07, 6.45) is 6.04. The average Bonchev–Trinajstić information content (AvgIpc) is 2.03. The first kappa shape index (κ1) is 10.9. The molecule has 1 rings (SSSR count). The highest BCUT2D eigenvalue weighted by molar-refractivity contribution is 9.10. The Bertz CT molecular complexity index is 246. The van der Waals surface area contributed by atoms with Gasteiger partial charge in [0.2, 0.25) is 0 Å². The first-order valence-corrected chi connectivity index (χ1v) is 4.76. The summed E-state index contributed by atoms with van der Waals surface area (Å²) in [6.45, 7) is 0.921. The minimum absolute atomic E-state index is 0.479. The van der Waals surface area contributed by atoms with Crippen LogP contribution in [0, 0.1) is 5.92 Å². The van der Waals surface area contributed by atoms with Gasteiger partial charge in [0, 0.05) is 0 Å². The van der Waals surface area contributed by atoms with E-state index in [0.717, 1.165) is 0 Å². The fourth-order valence-corrected chi connectivity index (χ4v) is 2.11. The lowest BCUT2D eigenvalue weighted by Gasteiger charge is -2.36. The van der Waals surface area contributed by atoms with Crippen LogP contribution in [0.15, 0.2) is 24.3 Å². The molecule has 0 bridgehead atoms. The van der Waals surface area contributed by atoms with E-state index in [-0.39, 0.29) is 0 Å². The third-order valence-corrected chi connectivity index (χ3v) is 2.90. The lowest BCUT2D eigenvalue weighted by atomic mass is 9.83. The summed E-state index contributed by atoms with van der Waals surface area (Å²) in [5, 5.41) is 18.6. The van der Waals surface area contributed by atoms with Crippen LogP contribution in [0.3, 0.4) is 0 Å². The van der Waals surface area contributed by atoms with Crippen molar-refractivity contribution >= 4 is 15.9 Å². The van der Waals surface area contributed by atoms with E-state index in [2.05, 4.69) is 15.9 Å². The van der Waals surface area contributed by atoms with Crippen LogP contribution in [0.25, 0.3) is 0 Å². The van der Waals surface area contributed by atoms with Crippen molar-refractivity contribution in [2.24, 2.45) is 5.92 Å². The van der Waals surface area contributed by atoms with Gasteiger partial charge in [-0.1, -0.05) is 18.2 Å². The van der Waals surface area contributed by atoms with Crippen LogP contribution in [0.4, 0.5) is 4.39 Å². The Kier molecular flexibility index (Phi) is 2.95. The smallest absolute Gasteiger partial charge is 0.192 e. The first-order chi connectivity index (χ1) is 5.90. The zero-order chi connectivity index (χ0) is 10.1. The zero-order valence-corrected chi connectivity index (χ0v) is 8.83. The van der Waals surface area contributed by atoms with E-state index in [1.165, 1.54) is 19.1 Å². The number of allylic oxidation sites excluding steroid dienone is 3. The van der Waals surface area contributed by atoms with Gasteiger partial charge < -0.3 is 10.2 Å². The van der Waals surface area contributed by atoms with E-state index in [1.54, 1.807) is 12.2 Å². The number of rotatable bonds is 2. The second-order valence-corrected chi connectivity index (χ2v) is 4.63. The summed E-state index contributed by atoms with van der Waals surface area (Å²) in [6, 6.07) is 0. The predicted octanol–water partition coefficient (Wildman–Crippen LogP) is 1.53. The minimum atomic E-state index is -1.78. The van der Waals surface area contributed by atoms with Crippen molar-refractivity contribution in [2.75, 3.05) is 6.61 Å². The summed E-state index contributed by atoms with van der Waals surface area (Å²) in [7, 11) is 0. The molecule has 0 aromatic heterocycles. The zero-order valence-electron chi connectivity index (χ0n) is 7.24. The normalized spacial score (nSPS) is 37.5. The van der Waals surface area contributed by atoms with E-state index in [1.807, 2.05) is 0 Å². The topological polar surface area (TPSA) is 40.5 Å². The lowest BCUT2D eigenvalue weighted by molar-refractivity contribution is -0.0523. The third kappa shape index (κ3) is 2.18. The molecule has 3 atom stereocenters. The highest BCUT2D eigenvalue weighted by atomic mass is 79.9. The molecule has 0 amide bonds. The molecule has 74 valence electrons. The van der Waals surface area contributed by atoms with Gasteiger partial charge in [-0.3, -0.25) is 0 Å². The van der Waals surface area contributed by atoms with Crippen molar-refractivity contribution in [3.8, 4) is 0 Å². The molecule has 0 aliphatic heterocycles. The van der Waals surface area contributed by atoms with Gasteiger partial charge in [0.1, 0.15) is 0 Å². The third-order valence-electron chi connectivity index (χ3n) is 2.14. The number of hydrogen-bond donors (Lipinski definition) is 2. The molecular weight excluding hydrogens is 239 g/mol. The molecule has 4 heteroatoms. The Hall–Kier alpha value is -0.190. The van der Waals surface area contributed by atoms with Crippen molar-refractivity contribution in [3.05, 3.63) is 24.3 Å². The largest absolute Gasteiger partial charge is 0.393 e. The maximum Gasteiger partial charge on any atom is 0.192 e. The monoisotopic (exact) mass is 250 g/mol. The fraction of sp³-hybridized carbons (Fsp3) is 0.556. The molecular formula is C9H12BrFO2. The molecule has 0 spiro atoms. The molecule has 0 saturated carbocycles. The maximum absolute atomic E-state index is 13.7. The number of halogens is 2. The molecule has 2 unspecified atom stereocenters. The summed E-state index contributed by atoms with van der Waals surface area (Å²) in [5.41, 5.74) is -1.46. The number of aliphatic hydroxyl groups is 2. The summed E-state index contributed by atoms with van der Waals surface area (Å²) in [4.78, 5) is 0. The number of hydrogen-bond acceptors (Lipinski definition) is 2. The van der Waals surface area contributed by atoms with E-state index in [4.69, 9.17) is 5.11 Å². The molecule has 0 heterocycles. The Balaban J connectivity index is 2.92. The van der Waals surface area contributed by atoms with Crippen molar-refractivity contribution in [1.29, 1.82) is 0 Å². The molecule has 0 radical (unpaired) electrons. The summed E-state index contributed by atoms with van der Waals surface area (Å²) < 4.78 is 11.9. The SMILES string of the molecule is C[C@@](O)(CO)C1C=CC=CC1(F)Br. The molecule has 1 aliphatic carbocycles. The quantitative estimate of drug-likeness (QED) is 0.731. The second-order valence-electron chi connectivity index (χ2n) is 3.41. The van der Waals surface area contributed by atoms with E-state index >= 15 is 0 Å². The van der Waals surface area contributed by atoms with Crippen LogP contribution in [-0.4, -0.2) is 27.0 Å². The van der Waals surface area contributed by atoms with Crippen molar-refractivity contribution in [3.63, 3.8) is 0 Å². The van der Waals surface area contributed by atoms with Gasteiger partial charge in [0.05, 0.1) is 18.1 Å². The van der Waals surface area contributed by atoms with Gasteiger partial charge in [-0.05, 0) is 28.9 Å². The van der Waals surface area contributed by atoms with Crippen LogP contribution in [0.1, 0.15) is 6.92 Å². The standard InChI is InChI=1S/C9H12BrFO2/c1-8(13,6-12)7-4-2-3-5-9(7,10)11/h2-5,7,12-13H,6H2,1H3/t7?,8-,9?/m1/s1. The molecule has 1 aliphatic rings. The molecule has 2 N–H and O–H groups in total. The van der Waals surface area contributed by atoms with Gasteiger partial charge in [0.15, 0.2) is 4.58 Å². The van der Waals surface area contributed by atoms with E-state index in [9.17, 15) is 9.50 Å². The average molecular weight is 251 g/mol. The van der Waals surface area contributed by atoms with E-state index in [0.29, 0.717) is 0 Å². The van der Waals surface area contributed by atoms with Crippen LogP contribution in [-0.2, 0) is 0 Å². The Morgan fingerprint density at radius 3 is 2.69 bits per heavy atom. The van der Waals surface area contributed by atoms with Crippen LogP contribution in [0.5, 0.6) is 0 Å². The molecule has 0 aromatic rings. The van der Waals surface area contributed by atoms with E-state index < -0.39 is 22.7 Å². The number of aliphatic hydroxyl groups excluding tert-OH is 1. The van der Waals surface area contributed by atoms with Crippen LogP contribution in [0.2, 0.25) is 0 Å². The second kappa shape index (κ2) is 3.52. The van der Waals surface area contributed by atoms with Gasteiger partial charge in [-0.15, -0.1) is 0 Å². The maximum atomic E-state index is 13.7. The lowest BCUT2D eigenvalue weighted by Crippen LogP contribution is -2.46. The van der Waals surface area contributed by atoms with Gasteiger partial charge in [0.25, 0.3) is 0 Å². The predicted molar refractivity (Wildman–Crippen MR) is 52.2 cm³/mol. The molecule has 13 heavy (non-hydrogen) atoms. The van der Waals surface area contributed by atoms with Crippen LogP contribution >= 0.6 is 15.9 Å².